The Bertz CT molecular complexity index is 1990. The van der Waals surface area contributed by atoms with Crippen LogP contribution in [0, 0.1) is 0 Å². The molecule has 0 unspecified atom stereocenters. The summed E-state index contributed by atoms with van der Waals surface area (Å²) in [5, 5.41) is 13.5. The van der Waals surface area contributed by atoms with Crippen LogP contribution in [-0.4, -0.2) is 19.0 Å². The molecule has 0 N–H and O–H groups in total. The van der Waals surface area contributed by atoms with Gasteiger partial charge in [0.1, 0.15) is 0 Å². The fourth-order valence-electron chi connectivity index (χ4n) is 5.49. The maximum atomic E-state index is 2.19. The number of benzene rings is 6. The first-order valence-electron chi connectivity index (χ1n) is 17.6. The second-order valence-electron chi connectivity index (χ2n) is 11.9. The summed E-state index contributed by atoms with van der Waals surface area (Å²) in [6, 6.07) is 79.7. The second-order valence-corrected chi connectivity index (χ2v) is 14.0. The van der Waals surface area contributed by atoms with Gasteiger partial charge in [-0.05, 0) is 0 Å². The minimum Gasteiger partial charge on any atom is -1.00 e. The maximum absolute atomic E-state index is 2.19. The van der Waals surface area contributed by atoms with Crippen molar-refractivity contribution in [1.29, 1.82) is 0 Å². The van der Waals surface area contributed by atoms with Crippen LogP contribution in [0.15, 0.2) is 231 Å². The number of hydrogen-bond donors (Lipinski definition) is 0. The van der Waals surface area contributed by atoms with Gasteiger partial charge in [-0.15, -0.1) is 119 Å². The van der Waals surface area contributed by atoms with E-state index in [9.17, 15) is 0 Å². The average Bonchev–Trinajstić information content (AvgIpc) is 4.07. The summed E-state index contributed by atoms with van der Waals surface area (Å²) in [6.45, 7) is 4.38. The van der Waals surface area contributed by atoms with Crippen LogP contribution >= 0.6 is 0 Å². The molecule has 0 aliphatic rings. The third-order valence-electron chi connectivity index (χ3n) is 8.32. The van der Waals surface area contributed by atoms with E-state index in [4.69, 9.17) is 0 Å². The molecule has 0 aliphatic carbocycles. The minimum absolute atomic E-state index is 0. The largest absolute Gasteiger partial charge is 1.00 e. The number of hydrogen-bond acceptors (Lipinski definition) is 0. The Kier molecular flexibility index (Phi) is 26.8. The van der Waals surface area contributed by atoms with Crippen LogP contribution in [0.25, 0.3) is 43.1 Å². The Labute approximate surface area is 388 Å². The summed E-state index contributed by atoms with van der Waals surface area (Å²) >= 11 is 0. The number of halogens is 2. The van der Waals surface area contributed by atoms with E-state index in [1.54, 1.807) is 0 Å². The van der Waals surface area contributed by atoms with Crippen LogP contribution in [0.4, 0.5) is 0 Å². The molecule has 10 aromatic carbocycles. The van der Waals surface area contributed by atoms with E-state index >= 15 is 0 Å². The van der Waals surface area contributed by atoms with Crippen molar-refractivity contribution >= 4 is 72.5 Å². The molecule has 0 saturated carbocycles. The van der Waals surface area contributed by atoms with Gasteiger partial charge in [0.05, 0.1) is 19.0 Å². The van der Waals surface area contributed by atoms with Crippen LogP contribution in [0.1, 0.15) is 0 Å². The van der Waals surface area contributed by atoms with E-state index in [-0.39, 0.29) is 76.5 Å². The van der Waals surface area contributed by atoms with Crippen LogP contribution in [0.3, 0.4) is 0 Å². The maximum Gasteiger partial charge on any atom is 0.0773 e. The molecule has 4 radical (unpaired) electrons. The van der Waals surface area contributed by atoms with Gasteiger partial charge < -0.3 is 24.8 Å². The predicted molar refractivity (Wildman–Crippen MR) is 234 cm³/mol. The molecule has 0 aliphatic heterocycles. The first kappa shape index (κ1) is 50.5. The van der Waals surface area contributed by atoms with Crippen molar-refractivity contribution in [2.45, 2.75) is 13.1 Å². The van der Waals surface area contributed by atoms with E-state index < -0.39 is 0 Å². The summed E-state index contributed by atoms with van der Waals surface area (Å²) in [5.41, 5.74) is 0. The van der Waals surface area contributed by atoms with Crippen molar-refractivity contribution in [3.8, 4) is 0 Å². The monoisotopic (exact) mass is 1130 g/mol. The van der Waals surface area contributed by atoms with E-state index in [0.29, 0.717) is 0 Å². The zero-order chi connectivity index (χ0) is 36.1. The quantitative estimate of drug-likeness (QED) is 0.140. The molecule has 0 nitrogen and oxygen atoms in total. The van der Waals surface area contributed by atoms with E-state index in [1.807, 2.05) is 12.1 Å². The molecule has 0 heterocycles. The third kappa shape index (κ3) is 17.3. The smallest absolute Gasteiger partial charge is 0.0773 e. The minimum atomic E-state index is 0. The SMILES string of the molecule is C[Si]c1ccccc1.C[Si]c1ccccc1.[Cl-].[Cl-].[Hf].[Hf].c1ccc2[cH-]ccc2c1.c1ccc2[cH-]ccc2c1.c1ccc2[cH-]ccc2c1.c1ccc2[cH-]ccc2c1. The van der Waals surface area contributed by atoms with Crippen molar-refractivity contribution in [2.75, 3.05) is 0 Å². The standard InChI is InChI=1S/4C9H7.2C7H8Si.2ClH.2Hf/c4*1-2-5-9-7-3-6-8(9)4-1;2*1-8-7-5-3-2-4-6-7;;;;/h4*1-7H;2*2-6H,1H3;2*1H;;/q4*-1;;;;;;/p-2. The van der Waals surface area contributed by atoms with Crippen LogP contribution < -0.4 is 35.2 Å². The first-order valence-corrected chi connectivity index (χ1v) is 20.6. The normalized spacial score (nSPS) is 9.18. The van der Waals surface area contributed by atoms with Crippen molar-refractivity contribution < 1.29 is 76.5 Å². The van der Waals surface area contributed by atoms with Gasteiger partial charge in [-0.1, -0.05) is 108 Å². The average molecular weight is 1130 g/mol. The summed E-state index contributed by atoms with van der Waals surface area (Å²) in [4.78, 5) is 0. The van der Waals surface area contributed by atoms with Gasteiger partial charge in [-0.2, -0.15) is 70.1 Å². The topological polar surface area (TPSA) is 0 Å². The molecule has 10 rings (SSSR count). The summed E-state index contributed by atoms with van der Waals surface area (Å²) in [6.07, 6.45) is 0. The fraction of sp³-hybridized carbons (Fsp3) is 0.0400. The Balaban J connectivity index is 0.000000332. The molecule has 0 fully saturated rings. The van der Waals surface area contributed by atoms with Crippen LogP contribution in [-0.2, 0) is 51.7 Å². The molecule has 0 atom stereocenters. The molecule has 0 amide bonds. The van der Waals surface area contributed by atoms with E-state index in [1.165, 1.54) is 53.5 Å². The molecule has 280 valence electrons. The van der Waals surface area contributed by atoms with Crippen LogP contribution in [0.2, 0.25) is 13.1 Å². The van der Waals surface area contributed by atoms with Gasteiger partial charge >= 0.3 is 0 Å². The molecule has 56 heavy (non-hydrogen) atoms. The summed E-state index contributed by atoms with van der Waals surface area (Å²) in [7, 11) is 1.86. The van der Waals surface area contributed by atoms with Gasteiger partial charge in [-0.3, -0.25) is 0 Å². The predicted octanol–water partition coefficient (Wildman–Crippen LogP) is 6.37. The zero-order valence-electron chi connectivity index (χ0n) is 31.7. The molecule has 0 saturated heterocycles. The Morgan fingerprint density at radius 1 is 0.286 bits per heavy atom. The number of rotatable bonds is 2. The molecule has 10 aromatic rings. The van der Waals surface area contributed by atoms with Crippen molar-refractivity contribution in [1.82, 2.24) is 0 Å². The van der Waals surface area contributed by atoms with E-state index in [2.05, 4.69) is 231 Å². The van der Waals surface area contributed by atoms with Crippen molar-refractivity contribution in [2.24, 2.45) is 0 Å². The molecular weight excluding hydrogens is 1080 g/mol. The Morgan fingerprint density at radius 3 is 0.696 bits per heavy atom. The summed E-state index contributed by atoms with van der Waals surface area (Å²) in [5.74, 6) is 0. The summed E-state index contributed by atoms with van der Waals surface area (Å²) < 4.78 is 0. The Hall–Kier alpha value is -3.49. The first-order chi connectivity index (χ1) is 25.7. The van der Waals surface area contributed by atoms with Gasteiger partial charge in [0.25, 0.3) is 0 Å². The van der Waals surface area contributed by atoms with Crippen molar-refractivity contribution in [3.63, 3.8) is 0 Å². The second kappa shape index (κ2) is 29.7. The fourth-order valence-corrected chi connectivity index (χ4v) is 6.54. The van der Waals surface area contributed by atoms with Gasteiger partial charge in [0.15, 0.2) is 0 Å². The molecule has 0 spiro atoms. The zero-order valence-corrected chi connectivity index (χ0v) is 42.4. The Morgan fingerprint density at radius 2 is 0.500 bits per heavy atom. The molecular formula is C50H44Cl2Hf2Si2-6. The van der Waals surface area contributed by atoms with Gasteiger partial charge in [0, 0.05) is 51.7 Å². The van der Waals surface area contributed by atoms with Gasteiger partial charge in [0.2, 0.25) is 0 Å². The van der Waals surface area contributed by atoms with Gasteiger partial charge in [-0.25, -0.2) is 0 Å². The van der Waals surface area contributed by atoms with Crippen LogP contribution in [0.5, 0.6) is 0 Å². The third-order valence-corrected chi connectivity index (χ3v) is 10.1. The molecule has 6 heteroatoms. The molecule has 0 aromatic heterocycles. The number of fused-ring (bicyclic) bond motifs is 4. The van der Waals surface area contributed by atoms with Crippen molar-refractivity contribution in [3.05, 3.63) is 231 Å². The van der Waals surface area contributed by atoms with E-state index in [0.717, 1.165) is 19.0 Å². The molecule has 0 bridgehead atoms.